The molecule has 10 nitrogen and oxygen atoms in total. The van der Waals surface area contributed by atoms with Crippen LogP contribution in [0.4, 0.5) is 16.2 Å². The number of hydrogen-bond donors (Lipinski definition) is 2. The van der Waals surface area contributed by atoms with Gasteiger partial charge in [0, 0.05) is 24.3 Å². The minimum atomic E-state index is -0.546. The highest BCUT2D eigenvalue weighted by molar-refractivity contribution is 6.09. The smallest absolute Gasteiger partial charge is 0.410 e. The molecule has 2 N–H and O–H groups in total. The Bertz CT molecular complexity index is 1060. The number of hydrogen-bond acceptors (Lipinski definition) is 8. The summed E-state index contributed by atoms with van der Waals surface area (Å²) in [6.07, 6.45) is 3.98. The molecule has 4 rings (SSSR count). The van der Waals surface area contributed by atoms with E-state index in [9.17, 15) is 9.59 Å². The topological polar surface area (TPSA) is 105 Å². The summed E-state index contributed by atoms with van der Waals surface area (Å²) in [5.74, 6) is 1.14. The molecule has 3 heterocycles. The molecule has 190 valence electrons. The monoisotopic (exact) mass is 485 g/mol. The standard InChI is InChI=1S/C25H35N5O5/c1-7-33-11-8-17-12-20-19(30-16(2)22(31)28-27-21(30)14-34-20)13-18(17)26-25(6)9-10-29(15-25)23(32)35-24(3,4)5/h8,11-13,16,26H,7,9-10,14-15H2,1-6H3,(H,28,31)/t16-,25-/m0/s1. The Morgan fingerprint density at radius 1 is 1.40 bits per heavy atom. The van der Waals surface area contributed by atoms with E-state index < -0.39 is 11.6 Å². The number of nitrogens with one attached hydrogen (secondary N) is 2. The van der Waals surface area contributed by atoms with Crippen LogP contribution >= 0.6 is 0 Å². The summed E-state index contributed by atoms with van der Waals surface area (Å²) in [7, 11) is 0. The second-order valence-electron chi connectivity index (χ2n) is 10.3. The van der Waals surface area contributed by atoms with Crippen LogP contribution in [0.3, 0.4) is 0 Å². The first-order valence-electron chi connectivity index (χ1n) is 12.0. The molecule has 1 aromatic carbocycles. The molecule has 0 saturated carbocycles. The molecular formula is C25H35N5O5. The number of carbonyl (C=O) groups is 2. The van der Waals surface area contributed by atoms with Crippen LogP contribution in [0.15, 0.2) is 23.5 Å². The van der Waals surface area contributed by atoms with E-state index in [-0.39, 0.29) is 24.1 Å². The Morgan fingerprint density at radius 2 is 2.17 bits per heavy atom. The van der Waals surface area contributed by atoms with Gasteiger partial charge in [-0.2, -0.15) is 5.10 Å². The van der Waals surface area contributed by atoms with E-state index in [0.29, 0.717) is 31.3 Å². The number of amidine groups is 1. The molecule has 0 unspecified atom stereocenters. The Balaban J connectivity index is 1.65. The van der Waals surface area contributed by atoms with E-state index in [1.165, 1.54) is 0 Å². The zero-order valence-electron chi connectivity index (χ0n) is 21.3. The summed E-state index contributed by atoms with van der Waals surface area (Å²) >= 11 is 0. The normalized spacial score (nSPS) is 23.8. The van der Waals surface area contributed by atoms with Crippen molar-refractivity contribution >= 4 is 35.3 Å². The summed E-state index contributed by atoms with van der Waals surface area (Å²) in [5.41, 5.74) is 4.11. The second kappa shape index (κ2) is 9.31. The molecule has 3 aliphatic rings. The van der Waals surface area contributed by atoms with Gasteiger partial charge in [0.15, 0.2) is 5.84 Å². The highest BCUT2D eigenvalue weighted by Gasteiger charge is 2.39. The molecule has 2 atom stereocenters. The molecule has 1 saturated heterocycles. The van der Waals surface area contributed by atoms with Gasteiger partial charge in [-0.15, -0.1) is 0 Å². The molecule has 3 aliphatic heterocycles. The summed E-state index contributed by atoms with van der Waals surface area (Å²) < 4.78 is 17.0. The van der Waals surface area contributed by atoms with Crippen LogP contribution < -0.4 is 20.4 Å². The van der Waals surface area contributed by atoms with Gasteiger partial charge in [0.05, 0.1) is 24.1 Å². The van der Waals surface area contributed by atoms with Crippen molar-refractivity contribution in [1.82, 2.24) is 10.3 Å². The molecule has 2 amide bonds. The fourth-order valence-electron chi connectivity index (χ4n) is 4.42. The first kappa shape index (κ1) is 24.7. The number of amides is 2. The predicted molar refractivity (Wildman–Crippen MR) is 135 cm³/mol. The molecule has 0 bridgehead atoms. The maximum absolute atomic E-state index is 12.6. The van der Waals surface area contributed by atoms with Crippen LogP contribution in [0.25, 0.3) is 6.08 Å². The maximum atomic E-state index is 12.6. The average molecular weight is 486 g/mol. The fourth-order valence-corrected chi connectivity index (χ4v) is 4.42. The van der Waals surface area contributed by atoms with Crippen molar-refractivity contribution < 1.29 is 23.8 Å². The molecule has 0 aromatic heterocycles. The van der Waals surface area contributed by atoms with Crippen molar-refractivity contribution in [2.24, 2.45) is 5.10 Å². The lowest BCUT2D eigenvalue weighted by Crippen LogP contribution is -2.55. The van der Waals surface area contributed by atoms with Crippen LogP contribution in [0.1, 0.15) is 53.5 Å². The third-order valence-electron chi connectivity index (χ3n) is 6.16. The van der Waals surface area contributed by atoms with Crippen LogP contribution in [0.2, 0.25) is 0 Å². The van der Waals surface area contributed by atoms with Crippen LogP contribution in [-0.2, 0) is 14.3 Å². The van der Waals surface area contributed by atoms with Gasteiger partial charge in [0.25, 0.3) is 5.91 Å². The van der Waals surface area contributed by atoms with Gasteiger partial charge in [-0.1, -0.05) is 0 Å². The lowest BCUT2D eigenvalue weighted by molar-refractivity contribution is -0.122. The zero-order valence-corrected chi connectivity index (χ0v) is 21.3. The lowest BCUT2D eigenvalue weighted by Gasteiger charge is -2.39. The van der Waals surface area contributed by atoms with Crippen molar-refractivity contribution in [3.63, 3.8) is 0 Å². The first-order chi connectivity index (χ1) is 16.5. The highest BCUT2D eigenvalue weighted by Crippen LogP contribution is 2.41. The van der Waals surface area contributed by atoms with Crippen molar-refractivity contribution in [2.45, 2.75) is 65.1 Å². The Labute approximate surface area is 206 Å². The van der Waals surface area contributed by atoms with Gasteiger partial charge in [-0.3, -0.25) is 4.79 Å². The van der Waals surface area contributed by atoms with Crippen LogP contribution in [0, 0.1) is 0 Å². The van der Waals surface area contributed by atoms with Gasteiger partial charge in [0.1, 0.15) is 24.0 Å². The third kappa shape index (κ3) is 5.31. The molecule has 0 radical (unpaired) electrons. The minimum absolute atomic E-state index is 0.174. The Kier molecular flexibility index (Phi) is 6.57. The zero-order chi connectivity index (χ0) is 25.4. The minimum Gasteiger partial charge on any atom is -0.501 e. The number of hydrazone groups is 1. The molecule has 1 fully saturated rings. The van der Waals surface area contributed by atoms with Crippen LogP contribution in [-0.4, -0.2) is 66.2 Å². The molecule has 10 heteroatoms. The summed E-state index contributed by atoms with van der Waals surface area (Å²) in [6, 6.07) is 3.49. The van der Waals surface area contributed by atoms with Gasteiger partial charge in [0.2, 0.25) is 0 Å². The second-order valence-corrected chi connectivity index (χ2v) is 10.3. The van der Waals surface area contributed by atoms with E-state index in [0.717, 1.165) is 23.4 Å². The third-order valence-corrected chi connectivity index (χ3v) is 6.16. The summed E-state index contributed by atoms with van der Waals surface area (Å²) in [4.78, 5) is 28.6. The summed E-state index contributed by atoms with van der Waals surface area (Å²) in [6.45, 7) is 13.4. The number of fused-ring (bicyclic) bond motifs is 3. The van der Waals surface area contributed by atoms with Crippen molar-refractivity contribution in [2.75, 3.05) is 36.5 Å². The number of benzene rings is 1. The molecular weight excluding hydrogens is 450 g/mol. The van der Waals surface area contributed by atoms with E-state index in [1.807, 2.05) is 57.7 Å². The van der Waals surface area contributed by atoms with E-state index in [2.05, 4.69) is 22.8 Å². The highest BCUT2D eigenvalue weighted by atomic mass is 16.6. The summed E-state index contributed by atoms with van der Waals surface area (Å²) in [5, 5.41) is 7.83. The van der Waals surface area contributed by atoms with Crippen molar-refractivity contribution in [1.29, 1.82) is 0 Å². The lowest BCUT2D eigenvalue weighted by atomic mass is 9.99. The largest absolute Gasteiger partial charge is 0.501 e. The Morgan fingerprint density at radius 3 is 2.89 bits per heavy atom. The predicted octanol–water partition coefficient (Wildman–Crippen LogP) is 3.54. The number of ether oxygens (including phenoxy) is 3. The van der Waals surface area contributed by atoms with Gasteiger partial charge >= 0.3 is 6.09 Å². The molecule has 0 aliphatic carbocycles. The number of anilines is 2. The van der Waals surface area contributed by atoms with Gasteiger partial charge in [-0.05, 0) is 66.2 Å². The molecule has 35 heavy (non-hydrogen) atoms. The Hall–Kier alpha value is -3.43. The molecule has 0 spiro atoms. The number of likely N-dealkylation sites (tertiary alicyclic amines) is 1. The van der Waals surface area contributed by atoms with Gasteiger partial charge in [-0.25, -0.2) is 10.2 Å². The number of carbonyl (C=O) groups excluding carboxylic acids is 2. The number of nitrogens with zero attached hydrogens (tertiary/aromatic N) is 3. The quantitative estimate of drug-likeness (QED) is 0.615. The fraction of sp³-hybridized carbons (Fsp3) is 0.560. The average Bonchev–Trinajstić information content (AvgIpc) is 3.17. The maximum Gasteiger partial charge on any atom is 0.410 e. The van der Waals surface area contributed by atoms with E-state index in [4.69, 9.17) is 14.2 Å². The van der Waals surface area contributed by atoms with E-state index >= 15 is 0 Å². The molecule has 1 aromatic rings. The van der Waals surface area contributed by atoms with Crippen LogP contribution in [0.5, 0.6) is 5.75 Å². The SMILES string of the molecule is CCOC=Cc1cc2c(cc1N[C@@]1(C)CCN(C(=O)OC(C)(C)C)C1)N1C(=NNC(=O)[C@@H]1C)CO2. The number of rotatable bonds is 5. The van der Waals surface area contributed by atoms with Crippen molar-refractivity contribution in [3.05, 3.63) is 24.0 Å². The van der Waals surface area contributed by atoms with Gasteiger partial charge < -0.3 is 29.3 Å². The first-order valence-corrected chi connectivity index (χ1v) is 12.0. The van der Waals surface area contributed by atoms with E-state index in [1.54, 1.807) is 11.2 Å². The van der Waals surface area contributed by atoms with Crippen molar-refractivity contribution in [3.8, 4) is 5.75 Å².